The van der Waals surface area contributed by atoms with E-state index in [0.717, 1.165) is 20.8 Å². The SMILES string of the molecule is COCCc1nc2sc(C)c(-c3ccccc3)c2c(=O)n1CCCC(N)=O. The smallest absolute Gasteiger partial charge is 0.262 e. The summed E-state index contributed by atoms with van der Waals surface area (Å²) in [5.74, 6) is 0.312. The van der Waals surface area contributed by atoms with E-state index in [1.807, 2.05) is 37.3 Å². The van der Waals surface area contributed by atoms with Crippen LogP contribution in [0.3, 0.4) is 0 Å². The number of ether oxygens (including phenoxy) is 1. The van der Waals surface area contributed by atoms with Gasteiger partial charge in [0.05, 0.1) is 12.0 Å². The highest BCUT2D eigenvalue weighted by atomic mass is 32.1. The van der Waals surface area contributed by atoms with Crippen LogP contribution in [0, 0.1) is 6.92 Å². The number of hydrogen-bond donors (Lipinski definition) is 1. The number of nitrogens with two attached hydrogens (primary N) is 1. The lowest BCUT2D eigenvalue weighted by Gasteiger charge is -2.12. The Hall–Kier alpha value is -2.51. The van der Waals surface area contributed by atoms with Crippen LogP contribution < -0.4 is 11.3 Å². The lowest BCUT2D eigenvalue weighted by Crippen LogP contribution is -2.26. The number of primary amides is 1. The number of methoxy groups -OCH3 is 1. The van der Waals surface area contributed by atoms with Gasteiger partial charge in [-0.1, -0.05) is 30.3 Å². The van der Waals surface area contributed by atoms with E-state index in [4.69, 9.17) is 15.5 Å². The van der Waals surface area contributed by atoms with Crippen molar-refractivity contribution in [1.82, 2.24) is 9.55 Å². The monoisotopic (exact) mass is 385 g/mol. The molecule has 0 atom stereocenters. The maximum absolute atomic E-state index is 13.4. The summed E-state index contributed by atoms with van der Waals surface area (Å²) in [4.78, 5) is 31.0. The summed E-state index contributed by atoms with van der Waals surface area (Å²) in [6.07, 6.45) is 1.28. The van der Waals surface area contributed by atoms with Crippen LogP contribution in [0.2, 0.25) is 0 Å². The number of amides is 1. The first-order chi connectivity index (χ1) is 13.0. The van der Waals surface area contributed by atoms with Crippen LogP contribution in [0.1, 0.15) is 23.5 Å². The summed E-state index contributed by atoms with van der Waals surface area (Å²) in [5, 5.41) is 0.643. The van der Waals surface area contributed by atoms with Gasteiger partial charge < -0.3 is 10.5 Å². The van der Waals surface area contributed by atoms with Crippen LogP contribution >= 0.6 is 11.3 Å². The van der Waals surface area contributed by atoms with E-state index >= 15 is 0 Å². The van der Waals surface area contributed by atoms with Gasteiger partial charge >= 0.3 is 0 Å². The summed E-state index contributed by atoms with van der Waals surface area (Å²) in [5.41, 5.74) is 7.12. The highest BCUT2D eigenvalue weighted by molar-refractivity contribution is 7.19. The fourth-order valence-corrected chi connectivity index (χ4v) is 4.27. The molecule has 0 fully saturated rings. The van der Waals surface area contributed by atoms with Crippen molar-refractivity contribution in [2.45, 2.75) is 32.7 Å². The fraction of sp³-hybridized carbons (Fsp3) is 0.350. The molecule has 3 aromatic rings. The lowest BCUT2D eigenvalue weighted by atomic mass is 10.0. The summed E-state index contributed by atoms with van der Waals surface area (Å²) >= 11 is 1.53. The second-order valence-electron chi connectivity index (χ2n) is 6.38. The molecule has 0 unspecified atom stereocenters. The van der Waals surface area contributed by atoms with E-state index < -0.39 is 0 Å². The molecule has 1 aromatic carbocycles. The molecule has 1 amide bonds. The Morgan fingerprint density at radius 1 is 1.30 bits per heavy atom. The first-order valence-corrected chi connectivity index (χ1v) is 9.70. The molecule has 0 radical (unpaired) electrons. The van der Waals surface area contributed by atoms with Gasteiger partial charge in [0.15, 0.2) is 0 Å². The van der Waals surface area contributed by atoms with Crippen molar-refractivity contribution < 1.29 is 9.53 Å². The van der Waals surface area contributed by atoms with Crippen molar-refractivity contribution in [3.8, 4) is 11.1 Å². The minimum absolute atomic E-state index is 0.0706. The van der Waals surface area contributed by atoms with Gasteiger partial charge in [0.1, 0.15) is 10.7 Å². The molecule has 0 aliphatic heterocycles. The second kappa shape index (κ2) is 8.45. The Morgan fingerprint density at radius 2 is 2.04 bits per heavy atom. The average molecular weight is 385 g/mol. The molecule has 142 valence electrons. The summed E-state index contributed by atoms with van der Waals surface area (Å²) in [7, 11) is 1.62. The molecule has 6 nitrogen and oxygen atoms in total. The molecular formula is C20H23N3O3S. The van der Waals surface area contributed by atoms with Crippen molar-refractivity contribution in [2.75, 3.05) is 13.7 Å². The van der Waals surface area contributed by atoms with Crippen LogP contribution in [0.5, 0.6) is 0 Å². The molecule has 0 aliphatic carbocycles. The zero-order chi connectivity index (χ0) is 19.4. The third-order valence-corrected chi connectivity index (χ3v) is 5.46. The molecule has 2 heterocycles. The second-order valence-corrected chi connectivity index (χ2v) is 7.58. The van der Waals surface area contributed by atoms with E-state index in [-0.39, 0.29) is 17.9 Å². The van der Waals surface area contributed by atoms with Crippen LogP contribution in [0.4, 0.5) is 0 Å². The summed E-state index contributed by atoms with van der Waals surface area (Å²) in [6.45, 7) is 2.90. The number of fused-ring (bicyclic) bond motifs is 1. The first kappa shape index (κ1) is 19.3. The van der Waals surface area contributed by atoms with Crippen LogP contribution in [0.25, 0.3) is 21.3 Å². The van der Waals surface area contributed by atoms with E-state index in [2.05, 4.69) is 0 Å². The molecule has 0 bridgehead atoms. The van der Waals surface area contributed by atoms with E-state index in [1.54, 1.807) is 11.7 Å². The Kier molecular flexibility index (Phi) is 6.03. The highest BCUT2D eigenvalue weighted by Gasteiger charge is 2.19. The minimum atomic E-state index is -0.369. The molecular weight excluding hydrogens is 362 g/mol. The number of carbonyl (C=O) groups excluding carboxylic acids is 1. The van der Waals surface area contributed by atoms with Gasteiger partial charge in [-0.3, -0.25) is 14.2 Å². The van der Waals surface area contributed by atoms with Crippen molar-refractivity contribution in [2.24, 2.45) is 5.73 Å². The van der Waals surface area contributed by atoms with Gasteiger partial charge in [0.2, 0.25) is 5.91 Å². The molecule has 0 spiro atoms. The fourth-order valence-electron chi connectivity index (χ4n) is 3.22. The normalized spacial score (nSPS) is 11.2. The molecule has 2 N–H and O–H groups in total. The number of thiophene rings is 1. The van der Waals surface area contributed by atoms with Crippen molar-refractivity contribution in [1.29, 1.82) is 0 Å². The number of nitrogens with zero attached hydrogens (tertiary/aromatic N) is 2. The summed E-state index contributed by atoms with van der Waals surface area (Å²) < 4.78 is 6.84. The van der Waals surface area contributed by atoms with Crippen molar-refractivity contribution >= 4 is 27.5 Å². The topological polar surface area (TPSA) is 87.2 Å². The number of aryl methyl sites for hydroxylation is 1. The van der Waals surface area contributed by atoms with Crippen LogP contribution in [-0.4, -0.2) is 29.2 Å². The van der Waals surface area contributed by atoms with E-state index in [0.29, 0.717) is 37.2 Å². The Balaban J connectivity index is 2.16. The van der Waals surface area contributed by atoms with Gasteiger partial charge in [0.25, 0.3) is 5.56 Å². The largest absolute Gasteiger partial charge is 0.384 e. The molecule has 0 saturated carbocycles. The number of rotatable bonds is 8. The Bertz CT molecular complexity index is 1010. The average Bonchev–Trinajstić information content (AvgIpc) is 2.98. The van der Waals surface area contributed by atoms with Crippen molar-refractivity contribution in [3.63, 3.8) is 0 Å². The predicted molar refractivity (Wildman–Crippen MR) is 108 cm³/mol. The van der Waals surface area contributed by atoms with Gasteiger partial charge in [-0.2, -0.15) is 0 Å². The zero-order valence-electron chi connectivity index (χ0n) is 15.5. The number of carbonyl (C=O) groups is 1. The minimum Gasteiger partial charge on any atom is -0.384 e. The first-order valence-electron chi connectivity index (χ1n) is 8.88. The molecule has 27 heavy (non-hydrogen) atoms. The third kappa shape index (κ3) is 4.09. The number of hydrogen-bond acceptors (Lipinski definition) is 5. The van der Waals surface area contributed by atoms with E-state index in [9.17, 15) is 9.59 Å². The zero-order valence-corrected chi connectivity index (χ0v) is 16.3. The number of aromatic nitrogens is 2. The summed E-state index contributed by atoms with van der Waals surface area (Å²) in [6, 6.07) is 9.89. The predicted octanol–water partition coefficient (Wildman–Crippen LogP) is 2.89. The Morgan fingerprint density at radius 3 is 2.70 bits per heavy atom. The van der Waals surface area contributed by atoms with Crippen LogP contribution in [-0.2, 0) is 22.5 Å². The van der Waals surface area contributed by atoms with Gasteiger partial charge in [0, 0.05) is 36.9 Å². The lowest BCUT2D eigenvalue weighted by molar-refractivity contribution is -0.118. The van der Waals surface area contributed by atoms with Crippen LogP contribution in [0.15, 0.2) is 35.1 Å². The maximum Gasteiger partial charge on any atom is 0.262 e. The van der Waals surface area contributed by atoms with Gasteiger partial charge in [-0.05, 0) is 18.9 Å². The van der Waals surface area contributed by atoms with Gasteiger partial charge in [-0.25, -0.2) is 4.98 Å². The molecule has 0 aliphatic rings. The molecule has 0 saturated heterocycles. The third-order valence-electron chi connectivity index (χ3n) is 4.46. The molecule has 3 rings (SSSR count). The number of benzene rings is 1. The molecule has 7 heteroatoms. The van der Waals surface area contributed by atoms with Crippen molar-refractivity contribution in [3.05, 3.63) is 51.4 Å². The standard InChI is InChI=1S/C20H23N3O3S/c1-13-17(14-7-4-3-5-8-14)18-19(27-13)22-16(10-12-26-2)23(20(18)25)11-6-9-15(21)24/h3-5,7-8H,6,9-12H2,1-2H3,(H2,21,24). The van der Waals surface area contributed by atoms with E-state index in [1.165, 1.54) is 11.3 Å². The quantitative estimate of drug-likeness (QED) is 0.646. The van der Waals surface area contributed by atoms with Gasteiger partial charge in [-0.15, -0.1) is 11.3 Å². The Labute approximate surface area is 161 Å². The molecule has 2 aromatic heterocycles. The highest BCUT2D eigenvalue weighted by Crippen LogP contribution is 2.35. The maximum atomic E-state index is 13.4.